The highest BCUT2D eigenvalue weighted by atomic mass is 32.1. The van der Waals surface area contributed by atoms with Gasteiger partial charge in [0.25, 0.3) is 0 Å². The summed E-state index contributed by atoms with van der Waals surface area (Å²) in [5.41, 5.74) is 1.03. The number of hydrogen-bond acceptors (Lipinski definition) is 4. The number of halogens is 2. The predicted molar refractivity (Wildman–Crippen MR) is 86.9 cm³/mol. The molecule has 2 aromatic heterocycles. The third-order valence-corrected chi connectivity index (χ3v) is 3.84. The Bertz CT molecular complexity index is 637. The highest BCUT2D eigenvalue weighted by molar-refractivity contribution is 7.09. The number of aromatic nitrogens is 3. The minimum Gasteiger partial charge on any atom is -0.357 e. The first-order valence-corrected chi connectivity index (χ1v) is 8.21. The Morgan fingerprint density at radius 2 is 2.26 bits per heavy atom. The van der Waals surface area contributed by atoms with Crippen molar-refractivity contribution in [3.8, 4) is 0 Å². The smallest absolute Gasteiger partial charge is 0.319 e. The summed E-state index contributed by atoms with van der Waals surface area (Å²) < 4.78 is 26.3. The number of nitrogens with zero attached hydrogens (tertiary/aromatic N) is 4. The second kappa shape index (κ2) is 8.56. The van der Waals surface area contributed by atoms with Crippen LogP contribution in [0.2, 0.25) is 0 Å². The van der Waals surface area contributed by atoms with Crippen molar-refractivity contribution in [3.05, 3.63) is 34.3 Å². The maximum atomic E-state index is 12.8. The van der Waals surface area contributed by atoms with Crippen molar-refractivity contribution >= 4 is 17.3 Å². The van der Waals surface area contributed by atoms with Crippen LogP contribution in [-0.2, 0) is 13.0 Å². The largest absolute Gasteiger partial charge is 0.357 e. The van der Waals surface area contributed by atoms with Gasteiger partial charge in [-0.1, -0.05) is 0 Å². The average Bonchev–Trinajstić information content (AvgIpc) is 3.13. The van der Waals surface area contributed by atoms with Crippen LogP contribution in [0.1, 0.15) is 30.0 Å². The Morgan fingerprint density at radius 1 is 1.43 bits per heavy atom. The number of thiazole rings is 1. The molecule has 2 heterocycles. The molecule has 9 heteroatoms. The fourth-order valence-corrected chi connectivity index (χ4v) is 2.61. The zero-order valence-electron chi connectivity index (χ0n) is 13.1. The summed E-state index contributed by atoms with van der Waals surface area (Å²) in [7, 11) is 0. The molecule has 0 fully saturated rings. The van der Waals surface area contributed by atoms with Crippen molar-refractivity contribution < 1.29 is 8.78 Å². The molecular weight excluding hydrogens is 322 g/mol. The van der Waals surface area contributed by atoms with Crippen molar-refractivity contribution in [2.45, 2.75) is 33.4 Å². The molecule has 23 heavy (non-hydrogen) atoms. The highest BCUT2D eigenvalue weighted by Gasteiger charge is 2.10. The standard InChI is InChI=1S/C14H20F2N6S/c1-3-17-14(19-5-4-11-9-23-10(2)21-11)20-8-12-18-6-7-22(12)13(15)16/h6-7,9,13H,3-5,8H2,1-2H3,(H2,17,19,20). The van der Waals surface area contributed by atoms with Gasteiger partial charge in [-0.2, -0.15) is 8.78 Å². The van der Waals surface area contributed by atoms with Crippen LogP contribution in [0, 0.1) is 6.92 Å². The second-order valence-corrected chi connectivity index (χ2v) is 5.82. The fourth-order valence-electron chi connectivity index (χ4n) is 1.97. The summed E-state index contributed by atoms with van der Waals surface area (Å²) >= 11 is 1.62. The van der Waals surface area contributed by atoms with Crippen LogP contribution in [0.25, 0.3) is 0 Å². The molecule has 0 aliphatic heterocycles. The monoisotopic (exact) mass is 342 g/mol. The van der Waals surface area contributed by atoms with Crippen LogP contribution in [0.3, 0.4) is 0 Å². The molecule has 2 rings (SSSR count). The van der Waals surface area contributed by atoms with E-state index < -0.39 is 6.55 Å². The third-order valence-electron chi connectivity index (χ3n) is 3.02. The van der Waals surface area contributed by atoms with Gasteiger partial charge in [-0.05, 0) is 13.8 Å². The van der Waals surface area contributed by atoms with E-state index in [0.717, 1.165) is 21.7 Å². The van der Waals surface area contributed by atoms with Crippen LogP contribution in [-0.4, -0.2) is 33.6 Å². The van der Waals surface area contributed by atoms with E-state index in [0.29, 0.717) is 19.0 Å². The normalized spacial score (nSPS) is 12.0. The summed E-state index contributed by atoms with van der Waals surface area (Å²) in [4.78, 5) is 12.6. The summed E-state index contributed by atoms with van der Waals surface area (Å²) in [5, 5.41) is 9.32. The van der Waals surface area contributed by atoms with Crippen molar-refractivity contribution in [2.75, 3.05) is 13.1 Å². The average molecular weight is 342 g/mol. The van der Waals surface area contributed by atoms with Gasteiger partial charge in [-0.25, -0.2) is 15.0 Å². The number of rotatable bonds is 7. The zero-order valence-corrected chi connectivity index (χ0v) is 13.9. The Hall–Kier alpha value is -2.03. The summed E-state index contributed by atoms with van der Waals surface area (Å²) in [6.45, 7) is 2.75. The topological polar surface area (TPSA) is 67.1 Å². The van der Waals surface area contributed by atoms with E-state index >= 15 is 0 Å². The Labute approximate surface area is 137 Å². The van der Waals surface area contributed by atoms with Crippen molar-refractivity contribution in [2.24, 2.45) is 4.99 Å². The molecule has 0 amide bonds. The lowest BCUT2D eigenvalue weighted by Gasteiger charge is -2.11. The van der Waals surface area contributed by atoms with Crippen LogP contribution >= 0.6 is 11.3 Å². The van der Waals surface area contributed by atoms with E-state index in [2.05, 4.69) is 25.6 Å². The van der Waals surface area contributed by atoms with E-state index in [-0.39, 0.29) is 12.4 Å². The van der Waals surface area contributed by atoms with Crippen LogP contribution in [0.15, 0.2) is 22.8 Å². The number of alkyl halides is 2. The summed E-state index contributed by atoms with van der Waals surface area (Å²) in [6.07, 6.45) is 3.38. The van der Waals surface area contributed by atoms with E-state index in [1.165, 1.54) is 12.4 Å². The minimum absolute atomic E-state index is 0.0858. The number of imidazole rings is 1. The van der Waals surface area contributed by atoms with Gasteiger partial charge in [0.05, 0.1) is 10.7 Å². The minimum atomic E-state index is -2.61. The number of hydrogen-bond donors (Lipinski definition) is 2. The summed E-state index contributed by atoms with van der Waals surface area (Å²) in [6, 6.07) is 0. The number of nitrogens with one attached hydrogen (secondary N) is 2. The van der Waals surface area contributed by atoms with Crippen LogP contribution < -0.4 is 10.6 Å². The van der Waals surface area contributed by atoms with Gasteiger partial charge in [-0.15, -0.1) is 11.3 Å². The maximum absolute atomic E-state index is 12.8. The molecule has 0 aliphatic rings. The van der Waals surface area contributed by atoms with Crippen molar-refractivity contribution in [1.82, 2.24) is 25.2 Å². The van der Waals surface area contributed by atoms with E-state index in [9.17, 15) is 8.78 Å². The molecule has 0 saturated heterocycles. The van der Waals surface area contributed by atoms with Crippen molar-refractivity contribution in [1.29, 1.82) is 0 Å². The first-order valence-electron chi connectivity index (χ1n) is 7.33. The molecule has 0 aliphatic carbocycles. The van der Waals surface area contributed by atoms with Crippen molar-refractivity contribution in [3.63, 3.8) is 0 Å². The maximum Gasteiger partial charge on any atom is 0.319 e. The van der Waals surface area contributed by atoms with Gasteiger partial charge in [0.1, 0.15) is 12.4 Å². The molecule has 2 N–H and O–H groups in total. The lowest BCUT2D eigenvalue weighted by atomic mass is 10.3. The Morgan fingerprint density at radius 3 is 2.91 bits per heavy atom. The molecule has 6 nitrogen and oxygen atoms in total. The molecule has 0 bridgehead atoms. The van der Waals surface area contributed by atoms with Gasteiger partial charge in [0.15, 0.2) is 5.96 Å². The van der Waals surface area contributed by atoms with E-state index in [1.54, 1.807) is 11.3 Å². The molecule has 0 spiro atoms. The lowest BCUT2D eigenvalue weighted by Crippen LogP contribution is -2.38. The molecule has 0 unspecified atom stereocenters. The van der Waals surface area contributed by atoms with Gasteiger partial charge in [0.2, 0.25) is 0 Å². The van der Waals surface area contributed by atoms with Crippen LogP contribution in [0.5, 0.6) is 0 Å². The first-order chi connectivity index (χ1) is 11.1. The molecule has 0 saturated carbocycles. The number of guanidine groups is 1. The molecule has 0 radical (unpaired) electrons. The van der Waals surface area contributed by atoms with E-state index in [1.807, 2.05) is 19.2 Å². The van der Waals surface area contributed by atoms with Gasteiger partial charge >= 0.3 is 6.55 Å². The lowest BCUT2D eigenvalue weighted by molar-refractivity contribution is 0.0671. The molecule has 0 aromatic carbocycles. The quantitative estimate of drug-likeness (QED) is 0.599. The molecule has 126 valence electrons. The highest BCUT2D eigenvalue weighted by Crippen LogP contribution is 2.12. The fraction of sp³-hybridized carbons (Fsp3) is 0.500. The van der Waals surface area contributed by atoms with Gasteiger partial charge in [-0.3, -0.25) is 4.57 Å². The number of aliphatic imine (C=N–C) groups is 1. The SMILES string of the molecule is CCNC(=NCc1nccn1C(F)F)NCCc1csc(C)n1. The predicted octanol–water partition coefficient (Wildman–Crippen LogP) is 2.34. The molecular formula is C14H20F2N6S. The van der Waals surface area contributed by atoms with E-state index in [4.69, 9.17) is 0 Å². The first kappa shape index (κ1) is 17.3. The zero-order chi connectivity index (χ0) is 16.7. The van der Waals surface area contributed by atoms with Crippen LogP contribution in [0.4, 0.5) is 8.78 Å². The Kier molecular flexibility index (Phi) is 6.45. The number of aryl methyl sites for hydroxylation is 1. The van der Waals surface area contributed by atoms with Gasteiger partial charge in [0, 0.05) is 37.3 Å². The van der Waals surface area contributed by atoms with Gasteiger partial charge < -0.3 is 10.6 Å². The molecule has 0 atom stereocenters. The third kappa shape index (κ3) is 5.27. The second-order valence-electron chi connectivity index (χ2n) is 4.76. The molecule has 2 aromatic rings. The Balaban J connectivity index is 1.90. The summed E-state index contributed by atoms with van der Waals surface area (Å²) in [5.74, 6) is 0.801.